The standard InChI is InChI=1S/C14H20N2O2S/c1-10(2)12(4)9-16-19(17,18)14-6-5-13(8-15)11(3)7-14/h5-7,10,12,16H,9H2,1-4H3. The van der Waals surface area contributed by atoms with Gasteiger partial charge in [-0.1, -0.05) is 20.8 Å². The quantitative estimate of drug-likeness (QED) is 0.900. The van der Waals surface area contributed by atoms with E-state index in [-0.39, 0.29) is 10.8 Å². The number of nitriles is 1. The summed E-state index contributed by atoms with van der Waals surface area (Å²) in [5.41, 5.74) is 1.16. The molecule has 0 aliphatic carbocycles. The van der Waals surface area contributed by atoms with E-state index < -0.39 is 10.0 Å². The highest BCUT2D eigenvalue weighted by Gasteiger charge is 2.17. The fourth-order valence-electron chi connectivity index (χ4n) is 1.49. The molecule has 1 rings (SSSR count). The smallest absolute Gasteiger partial charge is 0.211 e. The number of benzene rings is 1. The summed E-state index contributed by atoms with van der Waals surface area (Å²) in [5, 5.41) is 8.83. The van der Waals surface area contributed by atoms with E-state index in [0.717, 1.165) is 0 Å². The third-order valence-electron chi connectivity index (χ3n) is 3.36. The van der Waals surface area contributed by atoms with E-state index >= 15 is 0 Å². The van der Waals surface area contributed by atoms with Crippen molar-refractivity contribution in [1.82, 2.24) is 4.72 Å². The van der Waals surface area contributed by atoms with Crippen LogP contribution < -0.4 is 4.72 Å². The van der Waals surface area contributed by atoms with E-state index in [2.05, 4.69) is 18.6 Å². The molecule has 1 aromatic rings. The molecular formula is C14H20N2O2S. The Kier molecular flexibility index (Phi) is 5.10. The number of nitrogens with one attached hydrogen (secondary N) is 1. The minimum Gasteiger partial charge on any atom is -0.211 e. The van der Waals surface area contributed by atoms with Crippen molar-refractivity contribution in [1.29, 1.82) is 5.26 Å². The van der Waals surface area contributed by atoms with Gasteiger partial charge in [-0.2, -0.15) is 5.26 Å². The Hall–Kier alpha value is -1.38. The second-order valence-corrected chi connectivity index (χ2v) is 6.93. The van der Waals surface area contributed by atoms with Gasteiger partial charge in [0.2, 0.25) is 10.0 Å². The van der Waals surface area contributed by atoms with Crippen molar-refractivity contribution >= 4 is 10.0 Å². The second-order valence-electron chi connectivity index (χ2n) is 5.16. The maximum absolute atomic E-state index is 12.1. The van der Waals surface area contributed by atoms with Crippen molar-refractivity contribution < 1.29 is 8.42 Å². The average Bonchev–Trinajstić information content (AvgIpc) is 2.35. The molecule has 0 saturated heterocycles. The van der Waals surface area contributed by atoms with Crippen LogP contribution in [0.25, 0.3) is 0 Å². The Morgan fingerprint density at radius 2 is 1.95 bits per heavy atom. The van der Waals surface area contributed by atoms with Gasteiger partial charge in [-0.25, -0.2) is 13.1 Å². The first-order chi connectivity index (χ1) is 8.77. The van der Waals surface area contributed by atoms with Gasteiger partial charge in [-0.3, -0.25) is 0 Å². The molecule has 0 bridgehead atoms. The minimum absolute atomic E-state index is 0.208. The molecule has 0 aliphatic rings. The monoisotopic (exact) mass is 280 g/mol. The van der Waals surface area contributed by atoms with Gasteiger partial charge < -0.3 is 0 Å². The first-order valence-corrected chi connectivity index (χ1v) is 7.76. The fourth-order valence-corrected chi connectivity index (χ4v) is 2.72. The van der Waals surface area contributed by atoms with E-state index in [9.17, 15) is 8.42 Å². The Morgan fingerprint density at radius 1 is 1.32 bits per heavy atom. The molecule has 1 unspecified atom stereocenters. The first-order valence-electron chi connectivity index (χ1n) is 6.28. The van der Waals surface area contributed by atoms with Crippen molar-refractivity contribution in [3.63, 3.8) is 0 Å². The lowest BCUT2D eigenvalue weighted by molar-refractivity contribution is 0.414. The van der Waals surface area contributed by atoms with E-state index in [1.54, 1.807) is 6.92 Å². The zero-order valence-electron chi connectivity index (χ0n) is 11.8. The maximum Gasteiger partial charge on any atom is 0.240 e. The van der Waals surface area contributed by atoms with Crippen LogP contribution in [-0.4, -0.2) is 15.0 Å². The number of hydrogen-bond acceptors (Lipinski definition) is 3. The number of hydrogen-bond donors (Lipinski definition) is 1. The van der Waals surface area contributed by atoms with Crippen LogP contribution in [0.15, 0.2) is 23.1 Å². The zero-order chi connectivity index (χ0) is 14.6. The molecule has 1 aromatic carbocycles. The minimum atomic E-state index is -3.50. The molecule has 0 spiro atoms. The highest BCUT2D eigenvalue weighted by molar-refractivity contribution is 7.89. The van der Waals surface area contributed by atoms with Crippen molar-refractivity contribution in [2.24, 2.45) is 11.8 Å². The second kappa shape index (κ2) is 6.18. The molecule has 1 atom stereocenters. The Morgan fingerprint density at radius 3 is 2.42 bits per heavy atom. The lowest BCUT2D eigenvalue weighted by Gasteiger charge is -2.16. The Bertz CT molecular complexity index is 586. The lowest BCUT2D eigenvalue weighted by atomic mass is 9.99. The van der Waals surface area contributed by atoms with Gasteiger partial charge >= 0.3 is 0 Å². The largest absolute Gasteiger partial charge is 0.240 e. The van der Waals surface area contributed by atoms with E-state index in [4.69, 9.17) is 5.26 Å². The Balaban J connectivity index is 2.90. The molecule has 4 nitrogen and oxygen atoms in total. The normalized spacial score (nSPS) is 13.3. The molecular weight excluding hydrogens is 260 g/mol. The summed E-state index contributed by atoms with van der Waals surface area (Å²) in [6, 6.07) is 6.56. The number of rotatable bonds is 5. The van der Waals surface area contributed by atoms with Crippen LogP contribution in [0.4, 0.5) is 0 Å². The van der Waals surface area contributed by atoms with Gasteiger partial charge in [0.05, 0.1) is 16.5 Å². The molecule has 5 heteroatoms. The predicted octanol–water partition coefficient (Wildman–Crippen LogP) is 2.44. The van der Waals surface area contributed by atoms with Gasteiger partial charge in [0.1, 0.15) is 0 Å². The predicted molar refractivity (Wildman–Crippen MR) is 75.1 cm³/mol. The first kappa shape index (κ1) is 15.7. The van der Waals surface area contributed by atoms with Crippen molar-refractivity contribution in [3.05, 3.63) is 29.3 Å². The maximum atomic E-state index is 12.1. The SMILES string of the molecule is Cc1cc(S(=O)(=O)NCC(C)C(C)C)ccc1C#N. The molecule has 19 heavy (non-hydrogen) atoms. The van der Waals surface area contributed by atoms with E-state index in [1.165, 1.54) is 18.2 Å². The molecule has 1 N–H and O–H groups in total. The van der Waals surface area contributed by atoms with Gasteiger partial charge in [-0.15, -0.1) is 0 Å². The van der Waals surface area contributed by atoms with E-state index in [0.29, 0.717) is 23.6 Å². The van der Waals surface area contributed by atoms with Crippen molar-refractivity contribution in [2.45, 2.75) is 32.6 Å². The molecule has 0 fully saturated rings. The van der Waals surface area contributed by atoms with Gasteiger partial charge in [0, 0.05) is 6.54 Å². The van der Waals surface area contributed by atoms with Crippen LogP contribution in [0, 0.1) is 30.1 Å². The summed E-state index contributed by atoms with van der Waals surface area (Å²) in [5.74, 6) is 0.694. The molecule has 0 radical (unpaired) electrons. The molecule has 0 heterocycles. The summed E-state index contributed by atoms with van der Waals surface area (Å²) in [4.78, 5) is 0.208. The average molecular weight is 280 g/mol. The van der Waals surface area contributed by atoms with E-state index in [1.807, 2.05) is 13.0 Å². The highest BCUT2D eigenvalue weighted by atomic mass is 32.2. The third kappa shape index (κ3) is 4.05. The number of aryl methyl sites for hydroxylation is 1. The van der Waals surface area contributed by atoms with Crippen molar-refractivity contribution in [3.8, 4) is 6.07 Å². The summed E-state index contributed by atoms with van der Waals surface area (Å²) in [6.45, 7) is 8.28. The van der Waals surface area contributed by atoms with Crippen molar-refractivity contribution in [2.75, 3.05) is 6.54 Å². The Labute approximate surface area is 115 Å². The molecule has 104 valence electrons. The number of sulfonamides is 1. The summed E-state index contributed by atoms with van der Waals surface area (Å²) in [7, 11) is -3.50. The van der Waals surface area contributed by atoms with Crippen LogP contribution in [-0.2, 0) is 10.0 Å². The molecule has 0 amide bonds. The molecule has 0 aromatic heterocycles. The molecule has 0 saturated carbocycles. The van der Waals surface area contributed by atoms with Crippen LogP contribution in [0.5, 0.6) is 0 Å². The topological polar surface area (TPSA) is 70.0 Å². The summed E-state index contributed by atoms with van der Waals surface area (Å²) < 4.78 is 26.8. The highest BCUT2D eigenvalue weighted by Crippen LogP contribution is 2.16. The van der Waals surface area contributed by atoms with Crippen LogP contribution in [0.1, 0.15) is 31.9 Å². The van der Waals surface area contributed by atoms with Gasteiger partial charge in [0.15, 0.2) is 0 Å². The fraction of sp³-hybridized carbons (Fsp3) is 0.500. The lowest BCUT2D eigenvalue weighted by Crippen LogP contribution is -2.30. The van der Waals surface area contributed by atoms with Crippen LogP contribution in [0.3, 0.4) is 0 Å². The van der Waals surface area contributed by atoms with Gasteiger partial charge in [-0.05, 0) is 42.5 Å². The van der Waals surface area contributed by atoms with Crippen LogP contribution >= 0.6 is 0 Å². The summed E-state index contributed by atoms with van der Waals surface area (Å²) in [6.07, 6.45) is 0. The third-order valence-corrected chi connectivity index (χ3v) is 4.78. The zero-order valence-corrected chi connectivity index (χ0v) is 12.6. The number of nitrogens with zero attached hydrogens (tertiary/aromatic N) is 1. The van der Waals surface area contributed by atoms with Crippen LogP contribution in [0.2, 0.25) is 0 Å². The van der Waals surface area contributed by atoms with Gasteiger partial charge in [0.25, 0.3) is 0 Å². The summed E-state index contributed by atoms with van der Waals surface area (Å²) >= 11 is 0. The molecule has 0 aliphatic heterocycles.